The van der Waals surface area contributed by atoms with Gasteiger partial charge in [-0.1, -0.05) is 71.7 Å². The molecule has 1 unspecified atom stereocenters. The molecule has 17 heavy (non-hydrogen) atoms. The Labute approximate surface area is 130 Å². The van der Waals surface area contributed by atoms with Crippen molar-refractivity contribution in [3.63, 3.8) is 0 Å². The van der Waals surface area contributed by atoms with Gasteiger partial charge >= 0.3 is 0 Å². The molecule has 0 bridgehead atoms. The fraction of sp³-hybridized carbons (Fsp3) is 0.800. The molecule has 0 fully saturated rings. The first-order valence-corrected chi connectivity index (χ1v) is 6.14. The van der Waals surface area contributed by atoms with Crippen LogP contribution in [0.2, 0.25) is 0 Å². The third kappa shape index (κ3) is 83.7. The van der Waals surface area contributed by atoms with Gasteiger partial charge in [-0.15, -0.1) is 0 Å². The smallest absolute Gasteiger partial charge is 0.273 e. The molecule has 0 aromatic heterocycles. The van der Waals surface area contributed by atoms with E-state index in [4.69, 9.17) is 9.59 Å². The van der Waals surface area contributed by atoms with Crippen LogP contribution in [0.1, 0.15) is 46.5 Å². The van der Waals surface area contributed by atoms with Crippen molar-refractivity contribution < 1.29 is 30.7 Å². The number of rotatable bonds is 4. The third-order valence-corrected chi connectivity index (χ3v) is 1.75. The van der Waals surface area contributed by atoms with Gasteiger partial charge in [0, 0.05) is 21.1 Å². The number of hydrogen-bond acceptors (Lipinski definition) is 2. The Morgan fingerprint density at radius 3 is 1.59 bits per heavy atom. The van der Waals surface area contributed by atoms with E-state index in [0.29, 0.717) is 0 Å². The van der Waals surface area contributed by atoms with Crippen LogP contribution in [0, 0.1) is 5.92 Å². The normalized spacial score (nSPS) is 9.47. The van der Waals surface area contributed by atoms with Gasteiger partial charge in [-0.3, -0.25) is 9.59 Å². The van der Waals surface area contributed by atoms with E-state index in [1.807, 2.05) is 0 Å². The summed E-state index contributed by atoms with van der Waals surface area (Å²) in [5, 5.41) is -1.28. The maximum absolute atomic E-state index is 9.09. The Bertz CT molecular complexity index is 164. The van der Waals surface area contributed by atoms with Crippen LogP contribution in [0.5, 0.6) is 0 Å². The molecule has 4 nitrogen and oxygen atoms in total. The van der Waals surface area contributed by atoms with E-state index < -0.39 is 10.5 Å². The molecule has 2 amide bonds. The van der Waals surface area contributed by atoms with Crippen molar-refractivity contribution in [2.24, 2.45) is 17.4 Å². The van der Waals surface area contributed by atoms with Crippen LogP contribution < -0.4 is 11.5 Å². The second-order valence-corrected chi connectivity index (χ2v) is 4.21. The Balaban J connectivity index is -0.0000000806. The van der Waals surface area contributed by atoms with Gasteiger partial charge in [0.2, 0.25) is 0 Å². The maximum Gasteiger partial charge on any atom is 0.273 e. The van der Waals surface area contributed by atoms with Crippen LogP contribution >= 0.6 is 25.3 Å². The molecule has 0 saturated heterocycles. The second-order valence-electron chi connectivity index (χ2n) is 3.33. The molecule has 1 atom stereocenters. The zero-order valence-corrected chi connectivity index (χ0v) is 14.5. The van der Waals surface area contributed by atoms with Crippen molar-refractivity contribution >= 4 is 35.7 Å². The van der Waals surface area contributed by atoms with Gasteiger partial charge in [-0.25, -0.2) is 0 Å². The summed E-state index contributed by atoms with van der Waals surface area (Å²) in [7, 11) is 0. The number of thiol groups is 2. The SMILES string of the molecule is CCCCC(C)CC.NC(=O)S.NC(=O)S.[Mo]. The number of unbranched alkanes of at least 4 members (excludes halogenated alkanes) is 1. The predicted molar refractivity (Wildman–Crippen MR) is 76.1 cm³/mol. The number of nitrogens with two attached hydrogens (primary N) is 2. The van der Waals surface area contributed by atoms with Crippen LogP contribution in [-0.4, -0.2) is 10.5 Å². The molecule has 0 aromatic rings. The first-order valence-electron chi connectivity index (χ1n) is 5.24. The molecule has 7 heteroatoms. The third-order valence-electron chi connectivity index (χ3n) is 1.75. The van der Waals surface area contributed by atoms with Gasteiger partial charge in [0.15, 0.2) is 0 Å². The van der Waals surface area contributed by atoms with E-state index in [9.17, 15) is 0 Å². The fourth-order valence-corrected chi connectivity index (χ4v) is 0.757. The van der Waals surface area contributed by atoms with Gasteiger partial charge < -0.3 is 11.5 Å². The van der Waals surface area contributed by atoms with Gasteiger partial charge in [-0.05, 0) is 5.92 Å². The van der Waals surface area contributed by atoms with Crippen LogP contribution in [0.4, 0.5) is 9.59 Å². The molecule has 0 aliphatic carbocycles. The van der Waals surface area contributed by atoms with Crippen LogP contribution in [-0.2, 0) is 21.1 Å². The van der Waals surface area contributed by atoms with Gasteiger partial charge in [-0.2, -0.15) is 0 Å². The van der Waals surface area contributed by atoms with Crippen molar-refractivity contribution in [1.82, 2.24) is 0 Å². The van der Waals surface area contributed by atoms with Gasteiger partial charge in [0.1, 0.15) is 0 Å². The quantitative estimate of drug-likeness (QED) is 0.456. The summed E-state index contributed by atoms with van der Waals surface area (Å²) < 4.78 is 0. The molecule has 104 valence electrons. The zero-order chi connectivity index (χ0) is 13.6. The fourth-order valence-electron chi connectivity index (χ4n) is 0.757. The summed E-state index contributed by atoms with van der Waals surface area (Å²) in [6, 6.07) is 0. The average molecular weight is 364 g/mol. The van der Waals surface area contributed by atoms with Crippen molar-refractivity contribution in [3.8, 4) is 0 Å². The van der Waals surface area contributed by atoms with E-state index in [1.165, 1.54) is 25.7 Å². The molecular weight excluding hydrogens is 340 g/mol. The molecule has 0 radical (unpaired) electrons. The Kier molecular flexibility index (Phi) is 33.0. The van der Waals surface area contributed by atoms with Crippen LogP contribution in [0.15, 0.2) is 0 Å². The second kappa shape index (κ2) is 21.6. The summed E-state index contributed by atoms with van der Waals surface area (Å²) >= 11 is 6.21. The number of amides is 2. The first kappa shape index (κ1) is 26.0. The van der Waals surface area contributed by atoms with Gasteiger partial charge in [0.25, 0.3) is 10.5 Å². The predicted octanol–water partition coefficient (Wildman–Crippen LogP) is 3.21. The van der Waals surface area contributed by atoms with Crippen LogP contribution in [0.25, 0.3) is 0 Å². The number of carbonyl (C=O) groups is 2. The summed E-state index contributed by atoms with van der Waals surface area (Å²) in [4.78, 5) is 18.2. The summed E-state index contributed by atoms with van der Waals surface area (Å²) in [6.07, 6.45) is 5.53. The van der Waals surface area contributed by atoms with E-state index in [2.05, 4.69) is 57.5 Å². The molecule has 0 aliphatic heterocycles. The summed E-state index contributed by atoms with van der Waals surface area (Å²) in [5.74, 6) is 0.954. The topological polar surface area (TPSA) is 86.2 Å². The Morgan fingerprint density at radius 2 is 1.41 bits per heavy atom. The van der Waals surface area contributed by atoms with E-state index >= 15 is 0 Å². The molecule has 0 rings (SSSR count). The Hall–Kier alpha value is 0.328. The van der Waals surface area contributed by atoms with Crippen molar-refractivity contribution in [1.29, 1.82) is 0 Å². The van der Waals surface area contributed by atoms with E-state index in [0.717, 1.165) is 5.92 Å². The molecule has 4 N–H and O–H groups in total. The van der Waals surface area contributed by atoms with Crippen molar-refractivity contribution in [2.45, 2.75) is 46.5 Å². The Morgan fingerprint density at radius 1 is 1.12 bits per heavy atom. The number of hydrogen-bond donors (Lipinski definition) is 4. The zero-order valence-electron chi connectivity index (χ0n) is 10.7. The monoisotopic (exact) mass is 366 g/mol. The first-order chi connectivity index (χ1) is 7.27. The van der Waals surface area contributed by atoms with Gasteiger partial charge in [0.05, 0.1) is 0 Å². The summed E-state index contributed by atoms with van der Waals surface area (Å²) in [6.45, 7) is 6.85. The van der Waals surface area contributed by atoms with E-state index in [1.54, 1.807) is 0 Å². The van der Waals surface area contributed by atoms with E-state index in [-0.39, 0.29) is 21.1 Å². The minimum Gasteiger partial charge on any atom is -0.361 e. The van der Waals surface area contributed by atoms with Crippen molar-refractivity contribution in [2.75, 3.05) is 0 Å². The molecule has 0 aromatic carbocycles. The molecule has 0 saturated carbocycles. The largest absolute Gasteiger partial charge is 0.361 e. The number of primary amides is 2. The average Bonchev–Trinajstić information content (AvgIpc) is 2.12. The molecular formula is C10H24MoN2O2S2. The van der Waals surface area contributed by atoms with Crippen molar-refractivity contribution in [3.05, 3.63) is 0 Å². The minimum atomic E-state index is -0.639. The standard InChI is InChI=1S/C8H18.2CH3NOS.Mo/c1-4-6-7-8(3)5-2;2*2-1(3)4;/h8H,4-7H2,1-3H3;2*(H3,2,3,4);. The molecule has 0 heterocycles. The molecule has 0 spiro atoms. The molecule has 0 aliphatic rings. The minimum absolute atomic E-state index is 0. The summed E-state index contributed by atoms with van der Waals surface area (Å²) in [5.41, 5.74) is 8.67. The number of carbonyl (C=O) groups excluding carboxylic acids is 2. The maximum atomic E-state index is 9.09. The van der Waals surface area contributed by atoms with Crippen LogP contribution in [0.3, 0.4) is 0 Å².